The van der Waals surface area contributed by atoms with Crippen LogP contribution in [0, 0.1) is 0 Å². The number of carbonyl (C=O) groups is 4. The van der Waals surface area contributed by atoms with Gasteiger partial charge in [0.2, 0.25) is 0 Å². The first-order chi connectivity index (χ1) is 15.3. The molecule has 0 aliphatic carbocycles. The van der Waals surface area contributed by atoms with Crippen LogP contribution in [-0.4, -0.2) is 37.0 Å². The molecule has 0 spiro atoms. The molecule has 0 radical (unpaired) electrons. The van der Waals surface area contributed by atoms with E-state index in [0.29, 0.717) is 11.3 Å². The largest absolute Gasteiger partial charge is 0.488 e. The summed E-state index contributed by atoms with van der Waals surface area (Å²) in [5.41, 5.74) is 0.659. The van der Waals surface area contributed by atoms with E-state index in [4.69, 9.17) is 21.1 Å². The minimum atomic E-state index is -0.896. The molecule has 1 saturated heterocycles. The van der Waals surface area contributed by atoms with Gasteiger partial charge in [0.1, 0.15) is 17.9 Å². The predicted molar refractivity (Wildman–Crippen MR) is 119 cm³/mol. The monoisotopic (exact) mass is 454 g/mol. The van der Waals surface area contributed by atoms with Crippen molar-refractivity contribution >= 4 is 47.2 Å². The maximum atomic E-state index is 13.0. The van der Waals surface area contributed by atoms with Crippen molar-refractivity contribution in [2.45, 2.75) is 6.92 Å². The molecule has 0 aromatic heterocycles. The van der Waals surface area contributed by atoms with Crippen molar-refractivity contribution in [2.75, 3.05) is 18.1 Å². The van der Waals surface area contributed by atoms with E-state index >= 15 is 0 Å². The molecule has 1 N–H and O–H groups in total. The molecular formula is C23H19ClN2O6. The smallest absolute Gasteiger partial charge is 0.338 e. The second-order valence-electron chi connectivity index (χ2n) is 6.51. The number of barbiturate groups is 1. The summed E-state index contributed by atoms with van der Waals surface area (Å²) < 4.78 is 10.3. The Bertz CT molecular complexity index is 1120. The lowest BCUT2D eigenvalue weighted by Crippen LogP contribution is -2.54. The maximum absolute atomic E-state index is 13.0. The topological polar surface area (TPSA) is 102 Å². The molecule has 1 aliphatic rings. The van der Waals surface area contributed by atoms with Crippen LogP contribution in [0.2, 0.25) is 5.02 Å². The highest BCUT2D eigenvalue weighted by atomic mass is 35.5. The first-order valence-electron chi connectivity index (χ1n) is 9.57. The quantitative estimate of drug-likeness (QED) is 0.296. The Labute approximate surface area is 189 Å². The van der Waals surface area contributed by atoms with Crippen LogP contribution in [0.1, 0.15) is 22.8 Å². The summed E-state index contributed by atoms with van der Waals surface area (Å²) in [5, 5.41) is 2.42. The lowest BCUT2D eigenvalue weighted by Gasteiger charge is -2.26. The van der Waals surface area contributed by atoms with E-state index in [1.165, 1.54) is 36.4 Å². The van der Waals surface area contributed by atoms with E-state index in [-0.39, 0.29) is 35.1 Å². The summed E-state index contributed by atoms with van der Waals surface area (Å²) in [4.78, 5) is 50.3. The molecule has 2 aromatic carbocycles. The summed E-state index contributed by atoms with van der Waals surface area (Å²) in [6, 6.07) is 9.53. The average molecular weight is 455 g/mol. The third-order valence-electron chi connectivity index (χ3n) is 4.36. The Morgan fingerprint density at radius 3 is 2.50 bits per heavy atom. The Kier molecular flexibility index (Phi) is 7.07. The highest BCUT2D eigenvalue weighted by Crippen LogP contribution is 2.28. The van der Waals surface area contributed by atoms with Crippen molar-refractivity contribution in [3.8, 4) is 5.75 Å². The molecule has 1 fully saturated rings. The molecule has 4 amide bonds. The molecule has 164 valence electrons. The second-order valence-corrected chi connectivity index (χ2v) is 6.92. The zero-order valence-electron chi connectivity index (χ0n) is 17.1. The number of ether oxygens (including phenoxy) is 2. The zero-order chi connectivity index (χ0) is 23.3. The molecule has 0 saturated carbocycles. The number of rotatable bonds is 7. The standard InChI is InChI=1S/C23H19ClN2O6/c1-3-11-32-19-10-5-14(13-18(19)24)12-17-20(27)25-23(30)26(21(17)28)16-8-6-15(7-9-16)22(29)31-4-2/h3,5-10,12-13H,1,4,11H2,2H3,(H,25,27,30)/b17-12+. The van der Waals surface area contributed by atoms with Crippen molar-refractivity contribution in [1.82, 2.24) is 5.32 Å². The van der Waals surface area contributed by atoms with Gasteiger partial charge in [0, 0.05) is 0 Å². The number of esters is 1. The molecule has 1 heterocycles. The van der Waals surface area contributed by atoms with Crippen LogP contribution in [0.25, 0.3) is 6.08 Å². The molecule has 2 aromatic rings. The average Bonchev–Trinajstić information content (AvgIpc) is 2.76. The van der Waals surface area contributed by atoms with Gasteiger partial charge < -0.3 is 9.47 Å². The molecule has 0 atom stereocenters. The predicted octanol–water partition coefficient (Wildman–Crippen LogP) is 3.75. The van der Waals surface area contributed by atoms with Gasteiger partial charge in [-0.25, -0.2) is 14.5 Å². The van der Waals surface area contributed by atoms with Gasteiger partial charge in [0.05, 0.1) is 22.9 Å². The summed E-state index contributed by atoms with van der Waals surface area (Å²) >= 11 is 6.19. The van der Waals surface area contributed by atoms with Gasteiger partial charge in [-0.2, -0.15) is 0 Å². The molecule has 0 unspecified atom stereocenters. The number of imide groups is 2. The molecule has 8 nitrogen and oxygen atoms in total. The molecule has 0 bridgehead atoms. The lowest BCUT2D eigenvalue weighted by molar-refractivity contribution is -0.122. The van der Waals surface area contributed by atoms with Crippen LogP contribution in [0.5, 0.6) is 5.75 Å². The lowest BCUT2D eigenvalue weighted by atomic mass is 10.1. The van der Waals surface area contributed by atoms with Crippen molar-refractivity contribution in [2.24, 2.45) is 0 Å². The number of carbonyl (C=O) groups excluding carboxylic acids is 4. The number of hydrogen-bond acceptors (Lipinski definition) is 6. The number of nitrogens with zero attached hydrogens (tertiary/aromatic N) is 1. The molecular weight excluding hydrogens is 436 g/mol. The maximum Gasteiger partial charge on any atom is 0.338 e. The molecule has 32 heavy (non-hydrogen) atoms. The fourth-order valence-electron chi connectivity index (χ4n) is 2.89. The number of amides is 4. The van der Waals surface area contributed by atoms with E-state index in [2.05, 4.69) is 11.9 Å². The number of hydrogen-bond donors (Lipinski definition) is 1. The third-order valence-corrected chi connectivity index (χ3v) is 4.66. The van der Waals surface area contributed by atoms with E-state index in [9.17, 15) is 19.2 Å². The number of urea groups is 1. The molecule has 1 aliphatic heterocycles. The zero-order valence-corrected chi connectivity index (χ0v) is 17.8. The summed E-state index contributed by atoms with van der Waals surface area (Å²) in [7, 11) is 0. The van der Waals surface area contributed by atoms with Gasteiger partial charge in [0.15, 0.2) is 0 Å². The minimum Gasteiger partial charge on any atom is -0.488 e. The van der Waals surface area contributed by atoms with Gasteiger partial charge in [-0.05, 0) is 55.0 Å². The Hall–Kier alpha value is -3.91. The fraction of sp³-hybridized carbons (Fsp3) is 0.130. The third kappa shape index (κ3) is 4.87. The Morgan fingerprint density at radius 1 is 1.16 bits per heavy atom. The minimum absolute atomic E-state index is 0.185. The first kappa shape index (κ1) is 22.8. The first-order valence-corrected chi connectivity index (χ1v) is 9.95. The van der Waals surface area contributed by atoms with E-state index in [1.54, 1.807) is 25.1 Å². The highest BCUT2D eigenvalue weighted by Gasteiger charge is 2.36. The van der Waals surface area contributed by atoms with Gasteiger partial charge in [0.25, 0.3) is 11.8 Å². The highest BCUT2D eigenvalue weighted by molar-refractivity contribution is 6.39. The van der Waals surface area contributed by atoms with Crippen molar-refractivity contribution in [1.29, 1.82) is 0 Å². The van der Waals surface area contributed by atoms with Crippen molar-refractivity contribution in [3.63, 3.8) is 0 Å². The van der Waals surface area contributed by atoms with E-state index < -0.39 is 23.8 Å². The molecule has 3 rings (SSSR count). The van der Waals surface area contributed by atoms with Gasteiger partial charge >= 0.3 is 12.0 Å². The summed E-state index contributed by atoms with van der Waals surface area (Å²) in [5.74, 6) is -1.75. The van der Waals surface area contributed by atoms with Crippen LogP contribution in [0.3, 0.4) is 0 Å². The Balaban J connectivity index is 1.89. The van der Waals surface area contributed by atoms with Crippen LogP contribution < -0.4 is 15.0 Å². The SMILES string of the molecule is C=CCOc1ccc(/C=C2\C(=O)NC(=O)N(c3ccc(C(=O)OCC)cc3)C2=O)cc1Cl. The van der Waals surface area contributed by atoms with Crippen molar-refractivity contribution in [3.05, 3.63) is 76.8 Å². The van der Waals surface area contributed by atoms with Crippen molar-refractivity contribution < 1.29 is 28.7 Å². The van der Waals surface area contributed by atoms with Crippen LogP contribution in [0.15, 0.2) is 60.7 Å². The number of nitrogens with one attached hydrogen (secondary N) is 1. The fourth-order valence-corrected chi connectivity index (χ4v) is 3.14. The number of anilines is 1. The number of benzene rings is 2. The van der Waals surface area contributed by atoms with Gasteiger partial charge in [-0.15, -0.1) is 0 Å². The van der Waals surface area contributed by atoms with Crippen LogP contribution in [0.4, 0.5) is 10.5 Å². The normalized spacial score (nSPS) is 14.9. The summed E-state index contributed by atoms with van der Waals surface area (Å²) in [6.45, 7) is 5.73. The van der Waals surface area contributed by atoms with Crippen LogP contribution >= 0.6 is 11.6 Å². The summed E-state index contributed by atoms with van der Waals surface area (Å²) in [6.07, 6.45) is 2.90. The van der Waals surface area contributed by atoms with Gasteiger partial charge in [-0.3, -0.25) is 14.9 Å². The van der Waals surface area contributed by atoms with Gasteiger partial charge in [-0.1, -0.05) is 30.3 Å². The van der Waals surface area contributed by atoms with E-state index in [0.717, 1.165) is 4.90 Å². The number of halogens is 1. The van der Waals surface area contributed by atoms with E-state index in [1.807, 2.05) is 0 Å². The van der Waals surface area contributed by atoms with Crippen LogP contribution in [-0.2, 0) is 14.3 Å². The molecule has 9 heteroatoms. The Morgan fingerprint density at radius 2 is 1.88 bits per heavy atom. The second kappa shape index (κ2) is 9.93.